The van der Waals surface area contributed by atoms with Gasteiger partial charge in [0, 0.05) is 13.1 Å². The first-order valence-electron chi connectivity index (χ1n) is 7.66. The lowest BCUT2D eigenvalue weighted by Gasteiger charge is -2.34. The summed E-state index contributed by atoms with van der Waals surface area (Å²) in [4.78, 5) is 14.2. The van der Waals surface area contributed by atoms with Gasteiger partial charge in [0.25, 0.3) is 0 Å². The number of hydrogen-bond acceptors (Lipinski definition) is 2. The zero-order valence-electron chi connectivity index (χ0n) is 12.6. The number of amides is 1. The van der Waals surface area contributed by atoms with Crippen molar-refractivity contribution in [3.8, 4) is 0 Å². The van der Waals surface area contributed by atoms with Crippen molar-refractivity contribution in [1.82, 2.24) is 4.90 Å². The molecule has 0 radical (unpaired) electrons. The molecule has 3 heteroatoms. The molecule has 110 valence electrons. The zero-order chi connectivity index (χ0) is 14.5. The lowest BCUT2D eigenvalue weighted by atomic mass is 9.89. The van der Waals surface area contributed by atoms with Crippen LogP contribution in [-0.2, 0) is 11.2 Å². The maximum atomic E-state index is 12.2. The van der Waals surface area contributed by atoms with Gasteiger partial charge < -0.3 is 10.6 Å². The van der Waals surface area contributed by atoms with Crippen LogP contribution in [0.5, 0.6) is 0 Å². The molecule has 1 aromatic rings. The standard InChI is InChI=1S/C17H26N2O/c1-13(2)16(18)17(20)19-10-8-15(9-11-19)12-14-6-4-3-5-7-14/h3-7,13,15-16H,8-12,18H2,1-2H3/t16-/m0/s1. The molecule has 1 amide bonds. The Labute approximate surface area is 122 Å². The topological polar surface area (TPSA) is 46.3 Å². The highest BCUT2D eigenvalue weighted by Crippen LogP contribution is 2.22. The van der Waals surface area contributed by atoms with Gasteiger partial charge in [-0.15, -0.1) is 0 Å². The normalized spacial score (nSPS) is 18.3. The van der Waals surface area contributed by atoms with E-state index in [1.165, 1.54) is 5.56 Å². The van der Waals surface area contributed by atoms with Crippen LogP contribution in [0, 0.1) is 11.8 Å². The monoisotopic (exact) mass is 274 g/mol. The summed E-state index contributed by atoms with van der Waals surface area (Å²) in [5.74, 6) is 1.03. The second-order valence-corrected chi connectivity index (χ2v) is 6.23. The number of benzene rings is 1. The zero-order valence-corrected chi connectivity index (χ0v) is 12.6. The summed E-state index contributed by atoms with van der Waals surface area (Å²) in [6.45, 7) is 5.73. The molecule has 1 fully saturated rings. The van der Waals surface area contributed by atoms with Gasteiger partial charge in [-0.3, -0.25) is 4.79 Å². The van der Waals surface area contributed by atoms with Crippen LogP contribution in [0.1, 0.15) is 32.3 Å². The predicted molar refractivity (Wildman–Crippen MR) is 82.3 cm³/mol. The fourth-order valence-electron chi connectivity index (χ4n) is 2.80. The Morgan fingerprint density at radius 3 is 2.40 bits per heavy atom. The summed E-state index contributed by atoms with van der Waals surface area (Å²) >= 11 is 0. The Hall–Kier alpha value is -1.35. The molecule has 1 atom stereocenters. The molecule has 0 aliphatic carbocycles. The van der Waals surface area contributed by atoms with Gasteiger partial charge in [-0.2, -0.15) is 0 Å². The molecule has 0 aromatic heterocycles. The Bertz CT molecular complexity index is 422. The molecule has 3 nitrogen and oxygen atoms in total. The molecule has 0 bridgehead atoms. The minimum atomic E-state index is -0.347. The van der Waals surface area contributed by atoms with E-state index < -0.39 is 0 Å². The first-order chi connectivity index (χ1) is 9.58. The number of nitrogens with two attached hydrogens (primary N) is 1. The lowest BCUT2D eigenvalue weighted by Crippen LogP contribution is -2.49. The average molecular weight is 274 g/mol. The SMILES string of the molecule is CC(C)[C@H](N)C(=O)N1CCC(Cc2ccccc2)CC1. The molecule has 2 N–H and O–H groups in total. The van der Waals surface area contributed by atoms with E-state index in [-0.39, 0.29) is 17.9 Å². The quantitative estimate of drug-likeness (QED) is 0.916. The van der Waals surface area contributed by atoms with Gasteiger partial charge in [0.2, 0.25) is 5.91 Å². The van der Waals surface area contributed by atoms with E-state index in [4.69, 9.17) is 5.73 Å². The molecule has 1 aromatic carbocycles. The first-order valence-corrected chi connectivity index (χ1v) is 7.66. The number of piperidine rings is 1. The van der Waals surface area contributed by atoms with Crippen LogP contribution < -0.4 is 5.73 Å². The van der Waals surface area contributed by atoms with Crippen molar-refractivity contribution in [1.29, 1.82) is 0 Å². The number of likely N-dealkylation sites (tertiary alicyclic amines) is 1. The van der Waals surface area contributed by atoms with Crippen molar-refractivity contribution in [2.24, 2.45) is 17.6 Å². The third-order valence-corrected chi connectivity index (χ3v) is 4.30. The molecule has 2 rings (SSSR count). The minimum absolute atomic E-state index is 0.123. The Balaban J connectivity index is 1.82. The fraction of sp³-hybridized carbons (Fsp3) is 0.588. The molecular weight excluding hydrogens is 248 g/mol. The average Bonchev–Trinajstić information content (AvgIpc) is 2.47. The van der Waals surface area contributed by atoms with Crippen LogP contribution in [-0.4, -0.2) is 29.9 Å². The van der Waals surface area contributed by atoms with Crippen LogP contribution in [0.3, 0.4) is 0 Å². The van der Waals surface area contributed by atoms with E-state index in [0.717, 1.165) is 32.4 Å². The van der Waals surface area contributed by atoms with Gasteiger partial charge in [-0.05, 0) is 36.7 Å². The smallest absolute Gasteiger partial charge is 0.239 e. The fourth-order valence-corrected chi connectivity index (χ4v) is 2.80. The van der Waals surface area contributed by atoms with E-state index in [0.29, 0.717) is 5.92 Å². The second-order valence-electron chi connectivity index (χ2n) is 6.23. The van der Waals surface area contributed by atoms with Gasteiger partial charge in [0.15, 0.2) is 0 Å². The van der Waals surface area contributed by atoms with Crippen LogP contribution in [0.15, 0.2) is 30.3 Å². The lowest BCUT2D eigenvalue weighted by molar-refractivity contribution is -0.134. The van der Waals surface area contributed by atoms with Crippen molar-refractivity contribution in [3.63, 3.8) is 0 Å². The molecule has 0 unspecified atom stereocenters. The van der Waals surface area contributed by atoms with Gasteiger partial charge in [-0.1, -0.05) is 44.2 Å². The number of carbonyl (C=O) groups is 1. The van der Waals surface area contributed by atoms with Crippen LogP contribution >= 0.6 is 0 Å². The number of nitrogens with zero attached hydrogens (tertiary/aromatic N) is 1. The van der Waals surface area contributed by atoms with E-state index in [1.54, 1.807) is 0 Å². The van der Waals surface area contributed by atoms with Crippen LogP contribution in [0.25, 0.3) is 0 Å². The number of hydrogen-bond donors (Lipinski definition) is 1. The van der Waals surface area contributed by atoms with Gasteiger partial charge in [0.1, 0.15) is 0 Å². The molecule has 1 aliphatic heterocycles. The highest BCUT2D eigenvalue weighted by atomic mass is 16.2. The second kappa shape index (κ2) is 6.89. The third kappa shape index (κ3) is 3.83. The molecule has 0 spiro atoms. The molecule has 0 saturated carbocycles. The molecule has 20 heavy (non-hydrogen) atoms. The Kier molecular flexibility index (Phi) is 5.18. The molecule has 1 heterocycles. The summed E-state index contributed by atoms with van der Waals surface area (Å²) in [5, 5.41) is 0. The highest BCUT2D eigenvalue weighted by molar-refractivity contribution is 5.82. The van der Waals surface area contributed by atoms with Crippen molar-refractivity contribution < 1.29 is 4.79 Å². The largest absolute Gasteiger partial charge is 0.341 e. The minimum Gasteiger partial charge on any atom is -0.341 e. The molecular formula is C17H26N2O. The summed E-state index contributed by atoms with van der Waals surface area (Å²) in [6.07, 6.45) is 3.30. The number of carbonyl (C=O) groups excluding carboxylic acids is 1. The van der Waals surface area contributed by atoms with Crippen molar-refractivity contribution >= 4 is 5.91 Å². The van der Waals surface area contributed by atoms with E-state index in [9.17, 15) is 4.79 Å². The van der Waals surface area contributed by atoms with E-state index in [1.807, 2.05) is 18.7 Å². The van der Waals surface area contributed by atoms with E-state index in [2.05, 4.69) is 30.3 Å². The molecule has 1 saturated heterocycles. The summed E-state index contributed by atoms with van der Waals surface area (Å²) in [7, 11) is 0. The van der Waals surface area contributed by atoms with Crippen LogP contribution in [0.2, 0.25) is 0 Å². The maximum absolute atomic E-state index is 12.2. The maximum Gasteiger partial charge on any atom is 0.239 e. The Morgan fingerprint density at radius 1 is 1.25 bits per heavy atom. The predicted octanol–water partition coefficient (Wildman–Crippen LogP) is 2.45. The van der Waals surface area contributed by atoms with Crippen LogP contribution in [0.4, 0.5) is 0 Å². The summed E-state index contributed by atoms with van der Waals surface area (Å²) in [5.41, 5.74) is 7.36. The highest BCUT2D eigenvalue weighted by Gasteiger charge is 2.27. The van der Waals surface area contributed by atoms with Gasteiger partial charge >= 0.3 is 0 Å². The van der Waals surface area contributed by atoms with Gasteiger partial charge in [-0.25, -0.2) is 0 Å². The Morgan fingerprint density at radius 2 is 1.85 bits per heavy atom. The summed E-state index contributed by atoms with van der Waals surface area (Å²) < 4.78 is 0. The third-order valence-electron chi connectivity index (χ3n) is 4.30. The number of rotatable bonds is 4. The van der Waals surface area contributed by atoms with Gasteiger partial charge in [0.05, 0.1) is 6.04 Å². The van der Waals surface area contributed by atoms with Crippen molar-refractivity contribution in [2.75, 3.05) is 13.1 Å². The molecule has 1 aliphatic rings. The first kappa shape index (κ1) is 15.0. The van der Waals surface area contributed by atoms with E-state index >= 15 is 0 Å². The van der Waals surface area contributed by atoms with Crippen molar-refractivity contribution in [3.05, 3.63) is 35.9 Å². The van der Waals surface area contributed by atoms with Crippen molar-refractivity contribution in [2.45, 2.75) is 39.2 Å². The summed E-state index contributed by atoms with van der Waals surface area (Å²) in [6, 6.07) is 10.3.